The molecular weight excluding hydrogens is 218 g/mol. The van der Waals surface area contributed by atoms with Crippen molar-refractivity contribution in [2.24, 2.45) is 0 Å². The van der Waals surface area contributed by atoms with Gasteiger partial charge in [0.15, 0.2) is 0 Å². The summed E-state index contributed by atoms with van der Waals surface area (Å²) in [7, 11) is 1.57. The SMILES string of the molecule is COc1ccc(NC(=O)NC2CCC2)c(N)c1. The number of hydrogen-bond acceptors (Lipinski definition) is 3. The van der Waals surface area contributed by atoms with E-state index in [-0.39, 0.29) is 6.03 Å². The lowest BCUT2D eigenvalue weighted by atomic mass is 9.93. The molecule has 1 fully saturated rings. The maximum Gasteiger partial charge on any atom is 0.319 e. The van der Waals surface area contributed by atoms with E-state index in [1.807, 2.05) is 0 Å². The molecule has 1 aliphatic rings. The second-order valence-electron chi connectivity index (χ2n) is 4.18. The average Bonchev–Trinajstić information content (AvgIpc) is 2.26. The Morgan fingerprint density at radius 1 is 1.47 bits per heavy atom. The number of nitrogens with one attached hydrogen (secondary N) is 2. The number of nitrogen functional groups attached to an aromatic ring is 1. The molecular formula is C12H17N3O2. The molecule has 4 N–H and O–H groups in total. The van der Waals surface area contributed by atoms with E-state index in [1.165, 1.54) is 6.42 Å². The number of amides is 2. The Kier molecular flexibility index (Phi) is 3.37. The van der Waals surface area contributed by atoms with Gasteiger partial charge in [-0.25, -0.2) is 4.79 Å². The van der Waals surface area contributed by atoms with Crippen LogP contribution in [0.25, 0.3) is 0 Å². The molecule has 1 saturated carbocycles. The minimum atomic E-state index is -0.202. The van der Waals surface area contributed by atoms with Gasteiger partial charge in [-0.2, -0.15) is 0 Å². The number of urea groups is 1. The largest absolute Gasteiger partial charge is 0.497 e. The fraction of sp³-hybridized carbons (Fsp3) is 0.417. The van der Waals surface area contributed by atoms with Crippen LogP contribution in [0, 0.1) is 0 Å². The zero-order chi connectivity index (χ0) is 12.3. The molecule has 0 radical (unpaired) electrons. The summed E-state index contributed by atoms with van der Waals surface area (Å²) in [6, 6.07) is 5.28. The summed E-state index contributed by atoms with van der Waals surface area (Å²) < 4.78 is 5.04. The zero-order valence-corrected chi connectivity index (χ0v) is 9.82. The highest BCUT2D eigenvalue weighted by molar-refractivity contribution is 5.93. The molecule has 0 saturated heterocycles. The summed E-state index contributed by atoms with van der Waals surface area (Å²) in [5.41, 5.74) is 6.89. The highest BCUT2D eigenvalue weighted by Crippen LogP contribution is 2.24. The van der Waals surface area contributed by atoms with Crippen molar-refractivity contribution in [3.63, 3.8) is 0 Å². The van der Waals surface area contributed by atoms with E-state index in [2.05, 4.69) is 10.6 Å². The van der Waals surface area contributed by atoms with Crippen molar-refractivity contribution in [1.29, 1.82) is 0 Å². The minimum Gasteiger partial charge on any atom is -0.497 e. The number of nitrogens with two attached hydrogens (primary N) is 1. The third kappa shape index (κ3) is 2.81. The lowest BCUT2D eigenvalue weighted by Crippen LogP contribution is -2.41. The Bertz CT molecular complexity index is 416. The van der Waals surface area contributed by atoms with Crippen LogP contribution in [-0.2, 0) is 0 Å². The molecule has 0 atom stereocenters. The van der Waals surface area contributed by atoms with Crippen molar-refractivity contribution < 1.29 is 9.53 Å². The van der Waals surface area contributed by atoms with Gasteiger partial charge in [-0.1, -0.05) is 0 Å². The number of methoxy groups -OCH3 is 1. The number of carbonyl (C=O) groups excluding carboxylic acids is 1. The van der Waals surface area contributed by atoms with Crippen molar-refractivity contribution in [2.45, 2.75) is 25.3 Å². The molecule has 5 heteroatoms. The van der Waals surface area contributed by atoms with Gasteiger partial charge in [-0.05, 0) is 31.4 Å². The molecule has 17 heavy (non-hydrogen) atoms. The first-order chi connectivity index (χ1) is 8.19. The van der Waals surface area contributed by atoms with Gasteiger partial charge < -0.3 is 21.1 Å². The quantitative estimate of drug-likeness (QED) is 0.701. The molecule has 0 heterocycles. The van der Waals surface area contributed by atoms with Gasteiger partial charge in [-0.15, -0.1) is 0 Å². The maximum atomic E-state index is 11.6. The maximum absolute atomic E-state index is 11.6. The first kappa shape index (κ1) is 11.6. The second kappa shape index (κ2) is 4.95. The average molecular weight is 235 g/mol. The Morgan fingerprint density at radius 3 is 2.76 bits per heavy atom. The number of rotatable bonds is 3. The van der Waals surface area contributed by atoms with Crippen LogP contribution in [0.15, 0.2) is 18.2 Å². The van der Waals surface area contributed by atoms with Crippen LogP contribution in [-0.4, -0.2) is 19.2 Å². The number of hydrogen-bond donors (Lipinski definition) is 3. The Hall–Kier alpha value is -1.91. The first-order valence-electron chi connectivity index (χ1n) is 5.70. The third-order valence-electron chi connectivity index (χ3n) is 2.95. The topological polar surface area (TPSA) is 76.4 Å². The summed E-state index contributed by atoms with van der Waals surface area (Å²) in [6.45, 7) is 0. The number of ether oxygens (including phenoxy) is 1. The summed E-state index contributed by atoms with van der Waals surface area (Å²) in [4.78, 5) is 11.6. The van der Waals surface area contributed by atoms with Gasteiger partial charge in [0, 0.05) is 12.1 Å². The molecule has 0 aromatic heterocycles. The number of benzene rings is 1. The molecule has 1 aromatic carbocycles. The van der Waals surface area contributed by atoms with Gasteiger partial charge in [0.25, 0.3) is 0 Å². The molecule has 1 aliphatic carbocycles. The molecule has 0 aliphatic heterocycles. The summed E-state index contributed by atoms with van der Waals surface area (Å²) >= 11 is 0. The van der Waals surface area contributed by atoms with Crippen LogP contribution in [0.2, 0.25) is 0 Å². The van der Waals surface area contributed by atoms with Crippen molar-refractivity contribution in [2.75, 3.05) is 18.2 Å². The van der Waals surface area contributed by atoms with Crippen LogP contribution < -0.4 is 21.1 Å². The number of carbonyl (C=O) groups is 1. The van der Waals surface area contributed by atoms with E-state index in [1.54, 1.807) is 25.3 Å². The first-order valence-corrected chi connectivity index (χ1v) is 5.70. The fourth-order valence-corrected chi connectivity index (χ4v) is 1.68. The highest BCUT2D eigenvalue weighted by atomic mass is 16.5. The minimum absolute atomic E-state index is 0.202. The summed E-state index contributed by atoms with van der Waals surface area (Å²) in [5, 5.41) is 5.61. The van der Waals surface area contributed by atoms with E-state index in [9.17, 15) is 4.79 Å². The molecule has 5 nitrogen and oxygen atoms in total. The molecule has 1 aromatic rings. The Morgan fingerprint density at radius 2 is 2.24 bits per heavy atom. The second-order valence-corrected chi connectivity index (χ2v) is 4.18. The lowest BCUT2D eigenvalue weighted by molar-refractivity contribution is 0.240. The molecule has 92 valence electrons. The predicted octanol–water partition coefficient (Wildman–Crippen LogP) is 1.95. The van der Waals surface area contributed by atoms with Gasteiger partial charge in [-0.3, -0.25) is 0 Å². The van der Waals surface area contributed by atoms with Crippen LogP contribution in [0.4, 0.5) is 16.2 Å². The molecule has 0 unspecified atom stereocenters. The normalized spacial score (nSPS) is 14.9. The van der Waals surface area contributed by atoms with Gasteiger partial charge >= 0.3 is 6.03 Å². The van der Waals surface area contributed by atoms with E-state index in [0.29, 0.717) is 23.2 Å². The van der Waals surface area contributed by atoms with Crippen LogP contribution in [0.1, 0.15) is 19.3 Å². The molecule has 2 rings (SSSR count). The van der Waals surface area contributed by atoms with E-state index >= 15 is 0 Å². The van der Waals surface area contributed by atoms with Crippen LogP contribution >= 0.6 is 0 Å². The molecule has 0 bridgehead atoms. The molecule has 0 spiro atoms. The predicted molar refractivity (Wildman–Crippen MR) is 67.2 cm³/mol. The van der Waals surface area contributed by atoms with Crippen molar-refractivity contribution in [3.05, 3.63) is 18.2 Å². The lowest BCUT2D eigenvalue weighted by Gasteiger charge is -2.26. The van der Waals surface area contributed by atoms with Crippen molar-refractivity contribution in [3.8, 4) is 5.75 Å². The van der Waals surface area contributed by atoms with Crippen LogP contribution in [0.3, 0.4) is 0 Å². The number of anilines is 2. The highest BCUT2D eigenvalue weighted by Gasteiger charge is 2.19. The van der Waals surface area contributed by atoms with Crippen molar-refractivity contribution >= 4 is 17.4 Å². The monoisotopic (exact) mass is 235 g/mol. The van der Waals surface area contributed by atoms with Crippen LogP contribution in [0.5, 0.6) is 5.75 Å². The van der Waals surface area contributed by atoms with Gasteiger partial charge in [0.05, 0.1) is 18.5 Å². The standard InChI is InChI=1S/C12H17N3O2/c1-17-9-5-6-11(10(13)7-9)15-12(16)14-8-3-2-4-8/h5-8H,2-4,13H2,1H3,(H2,14,15,16). The van der Waals surface area contributed by atoms with Gasteiger partial charge in [0.2, 0.25) is 0 Å². The fourth-order valence-electron chi connectivity index (χ4n) is 1.68. The van der Waals surface area contributed by atoms with Crippen molar-refractivity contribution in [1.82, 2.24) is 5.32 Å². The van der Waals surface area contributed by atoms with E-state index < -0.39 is 0 Å². The van der Waals surface area contributed by atoms with Gasteiger partial charge in [0.1, 0.15) is 5.75 Å². The molecule has 2 amide bonds. The summed E-state index contributed by atoms with van der Waals surface area (Å²) in [6.07, 6.45) is 3.31. The smallest absolute Gasteiger partial charge is 0.319 e. The zero-order valence-electron chi connectivity index (χ0n) is 9.82. The van der Waals surface area contributed by atoms with E-state index in [4.69, 9.17) is 10.5 Å². The third-order valence-corrected chi connectivity index (χ3v) is 2.95. The Balaban J connectivity index is 1.95. The Labute approximate surface area is 100 Å². The summed E-state index contributed by atoms with van der Waals surface area (Å²) in [5.74, 6) is 0.674. The van der Waals surface area contributed by atoms with E-state index in [0.717, 1.165) is 12.8 Å².